The highest BCUT2D eigenvalue weighted by Gasteiger charge is 2.50. The zero-order valence-corrected chi connectivity index (χ0v) is 15.7. The van der Waals surface area contributed by atoms with E-state index in [9.17, 15) is 13.6 Å². The zero-order chi connectivity index (χ0) is 19.8. The lowest BCUT2D eigenvalue weighted by atomic mass is 9.77. The van der Waals surface area contributed by atoms with Gasteiger partial charge in [0.05, 0.1) is 17.3 Å². The van der Waals surface area contributed by atoms with E-state index < -0.39 is 16.9 Å². The highest BCUT2D eigenvalue weighted by atomic mass is 19.1. The fraction of sp³-hybridized carbons (Fsp3) is 0.304. The van der Waals surface area contributed by atoms with Crippen LogP contribution in [0.15, 0.2) is 60.8 Å². The Morgan fingerprint density at radius 1 is 1.18 bits per heavy atom. The number of rotatable bonds is 6. The summed E-state index contributed by atoms with van der Waals surface area (Å²) in [5.41, 5.74) is -0.433. The molecule has 5 heteroatoms. The molecule has 1 atom stereocenters. The summed E-state index contributed by atoms with van der Waals surface area (Å²) in [6.07, 6.45) is 3.06. The molecule has 2 aromatic carbocycles. The highest BCUT2D eigenvalue weighted by Crippen LogP contribution is 2.49. The van der Waals surface area contributed by atoms with Crippen molar-refractivity contribution in [2.24, 2.45) is 5.41 Å². The molecule has 1 N–H and O–H groups in total. The van der Waals surface area contributed by atoms with E-state index in [2.05, 4.69) is 10.3 Å². The molecular weight excluding hydrogens is 358 g/mol. The molecule has 0 spiro atoms. The molecule has 3 nitrogen and oxygen atoms in total. The molecule has 0 saturated heterocycles. The van der Waals surface area contributed by atoms with E-state index in [1.807, 2.05) is 37.3 Å². The fourth-order valence-electron chi connectivity index (χ4n) is 3.76. The second-order valence-corrected chi connectivity index (χ2v) is 8.04. The quantitative estimate of drug-likeness (QED) is 0.617. The average Bonchev–Trinajstić information content (AvgIpc) is 3.39. The van der Waals surface area contributed by atoms with Gasteiger partial charge in [0.25, 0.3) is 0 Å². The van der Waals surface area contributed by atoms with Gasteiger partial charge >= 0.3 is 0 Å². The molecular formula is C23H22F2N2O. The van der Waals surface area contributed by atoms with Crippen molar-refractivity contribution in [3.05, 3.63) is 72.2 Å². The molecule has 144 valence electrons. The Morgan fingerprint density at radius 3 is 2.64 bits per heavy atom. The van der Waals surface area contributed by atoms with Gasteiger partial charge in [-0.1, -0.05) is 49.4 Å². The van der Waals surface area contributed by atoms with Crippen LogP contribution in [0.5, 0.6) is 0 Å². The number of carbonyl (C=O) groups excluding carboxylic acids is 1. The Balaban J connectivity index is 1.60. The van der Waals surface area contributed by atoms with E-state index in [-0.39, 0.29) is 17.8 Å². The van der Waals surface area contributed by atoms with Crippen LogP contribution in [0.3, 0.4) is 0 Å². The number of nitrogens with one attached hydrogen (secondary N) is 1. The summed E-state index contributed by atoms with van der Waals surface area (Å²) < 4.78 is 28.4. The number of halogens is 2. The first-order valence-corrected chi connectivity index (χ1v) is 9.46. The molecule has 1 aromatic heterocycles. The van der Waals surface area contributed by atoms with Crippen LogP contribution < -0.4 is 5.32 Å². The Bertz CT molecular complexity index is 1020. The minimum Gasteiger partial charge on any atom is -0.324 e. The third-order valence-corrected chi connectivity index (χ3v) is 5.40. The van der Waals surface area contributed by atoms with Crippen LogP contribution in [0.1, 0.15) is 31.7 Å². The van der Waals surface area contributed by atoms with E-state index in [1.165, 1.54) is 12.3 Å². The van der Waals surface area contributed by atoms with Crippen LogP contribution in [0.4, 0.5) is 14.5 Å². The lowest BCUT2D eigenvalue weighted by Crippen LogP contribution is -2.38. The van der Waals surface area contributed by atoms with Crippen LogP contribution >= 0.6 is 0 Å². The predicted molar refractivity (Wildman–Crippen MR) is 106 cm³/mol. The van der Waals surface area contributed by atoms with Gasteiger partial charge in [-0.2, -0.15) is 0 Å². The number of aromatic nitrogens is 1. The molecule has 1 saturated carbocycles. The Kier molecular flexibility index (Phi) is 4.61. The van der Waals surface area contributed by atoms with Gasteiger partial charge in [0.2, 0.25) is 5.91 Å². The summed E-state index contributed by atoms with van der Waals surface area (Å²) >= 11 is 0. The molecule has 1 amide bonds. The van der Waals surface area contributed by atoms with Crippen LogP contribution in [0.25, 0.3) is 10.9 Å². The number of hydrogen-bond donors (Lipinski definition) is 1. The van der Waals surface area contributed by atoms with Crippen molar-refractivity contribution in [3.63, 3.8) is 0 Å². The summed E-state index contributed by atoms with van der Waals surface area (Å²) in [5.74, 6) is -0.657. The van der Waals surface area contributed by atoms with Crippen molar-refractivity contribution in [1.82, 2.24) is 4.98 Å². The molecule has 0 bridgehead atoms. The van der Waals surface area contributed by atoms with Gasteiger partial charge in [-0.25, -0.2) is 8.78 Å². The molecule has 0 aliphatic heterocycles. The van der Waals surface area contributed by atoms with Gasteiger partial charge in [-0.15, -0.1) is 0 Å². The van der Waals surface area contributed by atoms with Gasteiger partial charge in [-0.05, 0) is 43.4 Å². The lowest BCUT2D eigenvalue weighted by molar-refractivity contribution is -0.126. The molecule has 28 heavy (non-hydrogen) atoms. The third-order valence-electron chi connectivity index (χ3n) is 5.40. The number of pyridine rings is 1. The maximum absolute atomic E-state index is 14.6. The minimum absolute atomic E-state index is 0.177. The van der Waals surface area contributed by atoms with E-state index in [0.717, 1.165) is 5.56 Å². The second kappa shape index (κ2) is 6.97. The first kappa shape index (κ1) is 18.5. The van der Waals surface area contributed by atoms with Crippen molar-refractivity contribution in [3.8, 4) is 0 Å². The second-order valence-electron chi connectivity index (χ2n) is 8.04. The van der Waals surface area contributed by atoms with Crippen molar-refractivity contribution in [2.45, 2.75) is 38.3 Å². The van der Waals surface area contributed by atoms with Crippen molar-refractivity contribution >= 4 is 22.5 Å². The molecule has 4 rings (SSSR count). The number of anilines is 1. The predicted octanol–water partition coefficient (Wildman–Crippen LogP) is 5.45. The summed E-state index contributed by atoms with van der Waals surface area (Å²) in [7, 11) is 0. The van der Waals surface area contributed by atoms with Crippen LogP contribution in [-0.2, 0) is 11.2 Å². The van der Waals surface area contributed by atoms with Crippen LogP contribution in [0, 0.1) is 11.2 Å². The van der Waals surface area contributed by atoms with E-state index in [4.69, 9.17) is 0 Å². The van der Waals surface area contributed by atoms with Crippen LogP contribution in [0.2, 0.25) is 0 Å². The third kappa shape index (κ3) is 3.88. The summed E-state index contributed by atoms with van der Waals surface area (Å²) in [6.45, 7) is 1.81. The highest BCUT2D eigenvalue weighted by molar-refractivity contribution is 5.97. The van der Waals surface area contributed by atoms with E-state index >= 15 is 0 Å². The van der Waals surface area contributed by atoms with Gasteiger partial charge in [0.15, 0.2) is 0 Å². The molecule has 1 fully saturated rings. The maximum atomic E-state index is 14.6. The smallest absolute Gasteiger partial charge is 0.230 e. The monoisotopic (exact) mass is 380 g/mol. The number of fused-ring (bicyclic) bond motifs is 1. The molecule has 3 aromatic rings. The Morgan fingerprint density at radius 2 is 1.93 bits per heavy atom. The van der Waals surface area contributed by atoms with E-state index in [0.29, 0.717) is 30.3 Å². The SMILES string of the molecule is CC(Cc1ccccc1)(CC1(F)CC1)C(=O)Nc1cnc2c(F)cccc2c1. The van der Waals surface area contributed by atoms with Crippen molar-refractivity contribution in [1.29, 1.82) is 0 Å². The number of hydrogen-bond acceptors (Lipinski definition) is 2. The lowest BCUT2D eigenvalue weighted by Gasteiger charge is -2.30. The standard InChI is InChI=1S/C23H22F2N2O/c1-22(15-23(25)10-11-23,13-16-6-3-2-4-7-16)21(28)27-18-12-17-8-5-9-19(24)20(17)26-14-18/h2-9,12,14H,10-11,13,15H2,1H3,(H,27,28). The van der Waals surface area contributed by atoms with Gasteiger partial charge in [0, 0.05) is 5.39 Å². The minimum atomic E-state index is -1.26. The Hall–Kier alpha value is -2.82. The summed E-state index contributed by atoms with van der Waals surface area (Å²) in [6, 6.07) is 16.0. The first-order valence-electron chi connectivity index (χ1n) is 9.46. The maximum Gasteiger partial charge on any atom is 0.230 e. The summed E-state index contributed by atoms with van der Waals surface area (Å²) in [4.78, 5) is 17.3. The molecule has 1 aliphatic carbocycles. The number of benzene rings is 2. The van der Waals surface area contributed by atoms with Crippen molar-refractivity contribution in [2.75, 3.05) is 5.32 Å². The number of para-hydroxylation sites is 1. The summed E-state index contributed by atoms with van der Waals surface area (Å²) in [5, 5.41) is 3.48. The van der Waals surface area contributed by atoms with Crippen LogP contribution in [-0.4, -0.2) is 16.6 Å². The van der Waals surface area contributed by atoms with Gasteiger partial charge < -0.3 is 5.32 Å². The topological polar surface area (TPSA) is 42.0 Å². The molecule has 1 heterocycles. The van der Waals surface area contributed by atoms with Gasteiger partial charge in [0.1, 0.15) is 17.0 Å². The van der Waals surface area contributed by atoms with Crippen molar-refractivity contribution < 1.29 is 13.6 Å². The molecule has 1 unspecified atom stereocenters. The number of nitrogens with zero attached hydrogens (tertiary/aromatic N) is 1. The molecule has 0 radical (unpaired) electrons. The van der Waals surface area contributed by atoms with Gasteiger partial charge in [-0.3, -0.25) is 9.78 Å². The van der Waals surface area contributed by atoms with E-state index in [1.54, 1.807) is 18.2 Å². The number of amides is 1. The fourth-order valence-corrected chi connectivity index (χ4v) is 3.76. The Labute approximate surface area is 162 Å². The molecule has 1 aliphatic rings. The largest absolute Gasteiger partial charge is 0.324 e. The number of carbonyl (C=O) groups is 1. The average molecular weight is 380 g/mol. The first-order chi connectivity index (χ1) is 13.4. The normalized spacial score (nSPS) is 17.1. The zero-order valence-electron chi connectivity index (χ0n) is 15.7. The number of alkyl halides is 1.